The van der Waals surface area contributed by atoms with Crippen LogP contribution in [0, 0.1) is 15.9 Å². The molecule has 0 fully saturated rings. The third-order valence-corrected chi connectivity index (χ3v) is 3.85. The van der Waals surface area contributed by atoms with Crippen molar-refractivity contribution in [1.82, 2.24) is 0 Å². The van der Waals surface area contributed by atoms with E-state index in [-0.39, 0.29) is 39.2 Å². The smallest absolute Gasteiger partial charge is 0.363 e. The van der Waals surface area contributed by atoms with E-state index in [2.05, 4.69) is 4.99 Å². The lowest BCUT2D eigenvalue weighted by Crippen LogP contribution is -2.06. The van der Waals surface area contributed by atoms with E-state index in [1.54, 1.807) is 0 Å². The Morgan fingerprint density at radius 2 is 2.12 bits per heavy atom. The van der Waals surface area contributed by atoms with Crippen molar-refractivity contribution in [3.05, 3.63) is 74.2 Å². The first-order valence-electron chi connectivity index (χ1n) is 7.20. The summed E-state index contributed by atoms with van der Waals surface area (Å²) in [5.41, 5.74) is -0.287. The molecule has 0 aliphatic carbocycles. The number of rotatable bonds is 4. The number of carbonyl (C=O) groups excluding carboxylic acids is 1. The Labute approximate surface area is 151 Å². The van der Waals surface area contributed by atoms with E-state index in [9.17, 15) is 19.3 Å². The Morgan fingerprint density at radius 1 is 1.35 bits per heavy atom. The highest BCUT2D eigenvalue weighted by Crippen LogP contribution is 2.30. The molecule has 7 nitrogen and oxygen atoms in total. The van der Waals surface area contributed by atoms with Crippen LogP contribution in [0.15, 0.2) is 47.1 Å². The number of aliphatic imine (C=N–C) groups is 1. The molecule has 26 heavy (non-hydrogen) atoms. The number of nitro benzene ring substituents is 1. The maximum absolute atomic E-state index is 13.9. The van der Waals surface area contributed by atoms with Gasteiger partial charge in [-0.05, 0) is 30.3 Å². The summed E-state index contributed by atoms with van der Waals surface area (Å²) >= 11 is 5.92. The van der Waals surface area contributed by atoms with Crippen molar-refractivity contribution < 1.29 is 23.6 Å². The average Bonchev–Trinajstić information content (AvgIpc) is 2.98. The predicted octanol–water partition coefficient (Wildman–Crippen LogP) is 3.74. The summed E-state index contributed by atoms with van der Waals surface area (Å²) in [6.45, 7) is 0. The van der Waals surface area contributed by atoms with Crippen molar-refractivity contribution in [3.8, 4) is 5.75 Å². The molecule has 0 saturated carbocycles. The molecule has 2 aromatic rings. The first-order valence-corrected chi connectivity index (χ1v) is 7.58. The zero-order chi connectivity index (χ0) is 18.8. The van der Waals surface area contributed by atoms with Crippen molar-refractivity contribution in [2.45, 2.75) is 0 Å². The third kappa shape index (κ3) is 3.27. The Balaban J connectivity index is 2.02. The number of hydrogen-bond acceptors (Lipinski definition) is 6. The standard InChI is InChI=1S/C17H10ClFN2O5/c1-25-15-6-5-9(7-14(15)21(23)24)16-20-13(17(22)26-16)8-10-11(18)3-2-4-12(10)19/h2-8H,1H3/b13-8-. The SMILES string of the molecule is COc1ccc(C2=N/C(=C\c3c(F)cccc3Cl)C(=O)O2)cc1[N+](=O)[O-]. The second kappa shape index (κ2) is 6.93. The van der Waals surface area contributed by atoms with Crippen LogP contribution in [-0.2, 0) is 9.53 Å². The number of methoxy groups -OCH3 is 1. The maximum atomic E-state index is 13.9. The minimum atomic E-state index is -0.821. The molecule has 0 amide bonds. The molecule has 9 heteroatoms. The van der Waals surface area contributed by atoms with E-state index in [0.29, 0.717) is 0 Å². The lowest BCUT2D eigenvalue weighted by Gasteiger charge is -2.03. The minimum Gasteiger partial charge on any atom is -0.490 e. The lowest BCUT2D eigenvalue weighted by molar-refractivity contribution is -0.385. The van der Waals surface area contributed by atoms with E-state index in [0.717, 1.165) is 6.08 Å². The van der Waals surface area contributed by atoms with E-state index in [1.165, 1.54) is 43.5 Å². The molecule has 0 N–H and O–H groups in total. The maximum Gasteiger partial charge on any atom is 0.363 e. The molecular formula is C17H10ClFN2O5. The predicted molar refractivity (Wildman–Crippen MR) is 91.7 cm³/mol. The molecule has 0 aromatic heterocycles. The van der Waals surface area contributed by atoms with Gasteiger partial charge in [-0.3, -0.25) is 10.1 Å². The van der Waals surface area contributed by atoms with E-state index in [4.69, 9.17) is 21.1 Å². The van der Waals surface area contributed by atoms with Gasteiger partial charge in [0, 0.05) is 17.2 Å². The monoisotopic (exact) mass is 376 g/mol. The van der Waals surface area contributed by atoms with Gasteiger partial charge in [0.15, 0.2) is 11.4 Å². The van der Waals surface area contributed by atoms with Crippen LogP contribution in [0.5, 0.6) is 5.75 Å². The van der Waals surface area contributed by atoms with Gasteiger partial charge in [-0.1, -0.05) is 17.7 Å². The minimum absolute atomic E-state index is 0.00757. The van der Waals surface area contributed by atoms with Gasteiger partial charge in [-0.25, -0.2) is 14.2 Å². The number of esters is 1. The highest BCUT2D eigenvalue weighted by atomic mass is 35.5. The summed E-state index contributed by atoms with van der Waals surface area (Å²) in [5, 5.41) is 11.2. The van der Waals surface area contributed by atoms with Gasteiger partial charge >= 0.3 is 11.7 Å². The Morgan fingerprint density at radius 3 is 2.77 bits per heavy atom. The average molecular weight is 377 g/mol. The van der Waals surface area contributed by atoms with Crippen LogP contribution in [0.2, 0.25) is 5.02 Å². The Bertz CT molecular complexity index is 967. The molecule has 132 valence electrons. The van der Waals surface area contributed by atoms with Crippen molar-refractivity contribution in [2.24, 2.45) is 4.99 Å². The molecular weight excluding hydrogens is 367 g/mol. The quantitative estimate of drug-likeness (QED) is 0.351. The molecule has 3 rings (SSSR count). The molecule has 2 aromatic carbocycles. The number of halogens is 2. The number of hydrogen-bond donors (Lipinski definition) is 0. The van der Waals surface area contributed by atoms with Gasteiger partial charge < -0.3 is 9.47 Å². The zero-order valence-electron chi connectivity index (χ0n) is 13.2. The van der Waals surface area contributed by atoms with Gasteiger partial charge in [0.1, 0.15) is 5.82 Å². The summed E-state index contributed by atoms with van der Waals surface area (Å²) in [7, 11) is 1.30. The molecule has 0 atom stereocenters. The normalized spacial score (nSPS) is 15.0. The van der Waals surface area contributed by atoms with Crippen LogP contribution < -0.4 is 4.74 Å². The van der Waals surface area contributed by atoms with Crippen molar-refractivity contribution >= 4 is 35.2 Å². The first kappa shape index (κ1) is 17.6. The topological polar surface area (TPSA) is 91.0 Å². The van der Waals surface area contributed by atoms with Gasteiger partial charge in [0.25, 0.3) is 0 Å². The van der Waals surface area contributed by atoms with Gasteiger partial charge in [-0.15, -0.1) is 0 Å². The number of nitro groups is 1. The largest absolute Gasteiger partial charge is 0.490 e. The summed E-state index contributed by atoms with van der Waals surface area (Å²) in [6, 6.07) is 8.07. The second-order valence-corrected chi connectivity index (χ2v) is 5.52. The van der Waals surface area contributed by atoms with Crippen LogP contribution >= 0.6 is 11.6 Å². The molecule has 0 saturated heterocycles. The number of benzene rings is 2. The van der Waals surface area contributed by atoms with E-state index < -0.39 is 16.7 Å². The van der Waals surface area contributed by atoms with E-state index >= 15 is 0 Å². The summed E-state index contributed by atoms with van der Waals surface area (Å²) < 4.78 is 23.8. The highest BCUT2D eigenvalue weighted by Gasteiger charge is 2.27. The zero-order valence-corrected chi connectivity index (χ0v) is 14.0. The highest BCUT2D eigenvalue weighted by molar-refractivity contribution is 6.32. The van der Waals surface area contributed by atoms with Crippen molar-refractivity contribution in [3.63, 3.8) is 0 Å². The molecule has 0 radical (unpaired) electrons. The summed E-state index contributed by atoms with van der Waals surface area (Å²) in [4.78, 5) is 26.5. The second-order valence-electron chi connectivity index (χ2n) is 5.12. The van der Waals surface area contributed by atoms with Gasteiger partial charge in [0.05, 0.1) is 17.1 Å². The number of nitrogens with zero attached hydrogens (tertiary/aromatic N) is 2. The summed E-state index contributed by atoms with van der Waals surface area (Å²) in [6.07, 6.45) is 1.16. The van der Waals surface area contributed by atoms with Crippen molar-refractivity contribution in [1.29, 1.82) is 0 Å². The fourth-order valence-corrected chi connectivity index (χ4v) is 2.50. The van der Waals surface area contributed by atoms with E-state index in [1.807, 2.05) is 0 Å². The molecule has 1 heterocycles. The number of ether oxygens (including phenoxy) is 2. The lowest BCUT2D eigenvalue weighted by atomic mass is 10.1. The van der Waals surface area contributed by atoms with Crippen LogP contribution in [-0.4, -0.2) is 23.9 Å². The number of carbonyl (C=O) groups is 1. The first-order chi connectivity index (χ1) is 12.4. The third-order valence-electron chi connectivity index (χ3n) is 3.52. The van der Waals surface area contributed by atoms with Gasteiger partial charge in [0.2, 0.25) is 5.90 Å². The Hall–Kier alpha value is -3.26. The number of cyclic esters (lactones) is 1. The molecule has 1 aliphatic rings. The summed E-state index contributed by atoms with van der Waals surface area (Å²) in [5.74, 6) is -1.53. The van der Waals surface area contributed by atoms with Crippen LogP contribution in [0.25, 0.3) is 6.08 Å². The Kier molecular flexibility index (Phi) is 4.68. The van der Waals surface area contributed by atoms with Gasteiger partial charge in [-0.2, -0.15) is 0 Å². The van der Waals surface area contributed by atoms with Crippen molar-refractivity contribution in [2.75, 3.05) is 7.11 Å². The molecule has 0 unspecified atom stereocenters. The molecule has 0 bridgehead atoms. The van der Waals surface area contributed by atoms with Crippen LogP contribution in [0.4, 0.5) is 10.1 Å². The van der Waals surface area contributed by atoms with Crippen LogP contribution in [0.3, 0.4) is 0 Å². The van der Waals surface area contributed by atoms with Crippen LogP contribution in [0.1, 0.15) is 11.1 Å². The molecule has 0 spiro atoms. The fourth-order valence-electron chi connectivity index (χ4n) is 2.28. The molecule has 1 aliphatic heterocycles. The fraction of sp³-hybridized carbons (Fsp3) is 0.0588.